The van der Waals surface area contributed by atoms with Crippen LogP contribution in [0.1, 0.15) is 26.3 Å². The number of rotatable bonds is 12. The number of nitrogens with zero attached hydrogens (tertiary/aromatic N) is 4. The third kappa shape index (κ3) is 12.4. The summed E-state index contributed by atoms with van der Waals surface area (Å²) in [6.45, 7) is 6.89. The summed E-state index contributed by atoms with van der Waals surface area (Å²) in [6, 6.07) is 180. The SMILES string of the molecule is CC(C)(C)c1cc2c3c(c1)N(c1c(-c4ccccc4)cc(-c4ccccc4)cc1-c1ccccc1)c1cc(-n4c5ccc(-c6ccc7ccccc7c6)cc5c5c6ccccc6c6ccccc6c54)ccc1B3c1ccc(-n3c4ccc(-c5ccc6ccccc6c5)cc4c4c5ccccc5c5ccccc5c43)cc1N2c1c(-c2ccccc2)cc(-c2ccccc2)cc1-c1ccccc1. The minimum Gasteiger partial charge on any atom is -0.310 e. The maximum absolute atomic E-state index is 2.76. The predicted octanol–water partition coefficient (Wildman–Crippen LogP) is 33.5. The van der Waals surface area contributed by atoms with Crippen LogP contribution in [0.3, 0.4) is 0 Å². The van der Waals surface area contributed by atoms with E-state index in [-0.39, 0.29) is 6.71 Å². The van der Waals surface area contributed by atoms with E-state index >= 15 is 0 Å². The lowest BCUT2D eigenvalue weighted by Gasteiger charge is -2.46. The van der Waals surface area contributed by atoms with Gasteiger partial charge in [0.2, 0.25) is 0 Å². The Kier molecular flexibility index (Phi) is 17.7. The zero-order chi connectivity index (χ0) is 89.3. The van der Waals surface area contributed by atoms with Gasteiger partial charge in [0, 0.05) is 88.7 Å². The summed E-state index contributed by atoms with van der Waals surface area (Å²) < 4.78 is 5.26. The van der Waals surface area contributed by atoms with Crippen molar-refractivity contribution in [2.24, 2.45) is 0 Å². The predicted molar refractivity (Wildman–Crippen MR) is 576 cm³/mol. The molecular weight excluding hydrogens is 1630 g/mol. The van der Waals surface area contributed by atoms with E-state index in [1.807, 2.05) is 0 Å². The fraction of sp³-hybridized carbons (Fsp3) is 0.0308. The summed E-state index contributed by atoms with van der Waals surface area (Å²) >= 11 is 0. The molecule has 5 heteroatoms. The summed E-state index contributed by atoms with van der Waals surface area (Å²) in [7, 11) is 0. The van der Waals surface area contributed by atoms with Crippen LogP contribution in [-0.4, -0.2) is 15.8 Å². The topological polar surface area (TPSA) is 16.3 Å². The molecule has 630 valence electrons. The highest BCUT2D eigenvalue weighted by atomic mass is 15.2. The Hall–Kier alpha value is -17.1. The number of aromatic nitrogens is 2. The molecule has 0 atom stereocenters. The molecule has 4 heterocycles. The third-order valence-electron chi connectivity index (χ3n) is 29.1. The van der Waals surface area contributed by atoms with Crippen LogP contribution in [0, 0.1) is 0 Å². The lowest BCUT2D eigenvalue weighted by Crippen LogP contribution is -2.61. The summed E-state index contributed by atoms with van der Waals surface area (Å²) in [4.78, 5) is 5.52. The maximum Gasteiger partial charge on any atom is 0.252 e. The van der Waals surface area contributed by atoms with Gasteiger partial charge in [-0.3, -0.25) is 0 Å². The smallest absolute Gasteiger partial charge is 0.252 e. The van der Waals surface area contributed by atoms with Gasteiger partial charge in [-0.05, 0) is 245 Å². The molecule has 0 spiro atoms. The van der Waals surface area contributed by atoms with Gasteiger partial charge in [-0.15, -0.1) is 0 Å². The van der Waals surface area contributed by atoms with Gasteiger partial charge in [0.25, 0.3) is 6.71 Å². The molecule has 0 fully saturated rings. The molecule has 0 amide bonds. The fourth-order valence-corrected chi connectivity index (χ4v) is 22.8. The Morgan fingerprint density at radius 3 is 0.852 bits per heavy atom. The average molecular weight is 1720 g/mol. The zero-order valence-corrected chi connectivity index (χ0v) is 74.9. The fourth-order valence-electron chi connectivity index (χ4n) is 22.8. The first-order valence-corrected chi connectivity index (χ1v) is 47.1. The zero-order valence-electron chi connectivity index (χ0n) is 74.9. The maximum atomic E-state index is 2.76. The Bertz CT molecular complexity index is 8570. The molecule has 0 saturated heterocycles. The quantitative estimate of drug-likeness (QED) is 0.0895. The van der Waals surface area contributed by atoms with Crippen LogP contribution < -0.4 is 26.2 Å². The van der Waals surface area contributed by atoms with Crippen LogP contribution in [-0.2, 0) is 5.41 Å². The Morgan fingerprint density at radius 2 is 0.496 bits per heavy atom. The van der Waals surface area contributed by atoms with E-state index in [4.69, 9.17) is 0 Å². The molecule has 27 rings (SSSR count). The van der Waals surface area contributed by atoms with Crippen molar-refractivity contribution in [1.82, 2.24) is 9.13 Å². The third-order valence-corrected chi connectivity index (χ3v) is 29.1. The van der Waals surface area contributed by atoms with Gasteiger partial charge in [0.1, 0.15) is 0 Å². The number of hydrogen-bond donors (Lipinski definition) is 0. The van der Waals surface area contributed by atoms with Crippen LogP contribution in [0.25, 0.3) is 209 Å². The molecule has 2 aliphatic heterocycles. The first-order valence-electron chi connectivity index (χ1n) is 47.1. The lowest BCUT2D eigenvalue weighted by molar-refractivity contribution is 0.590. The van der Waals surface area contributed by atoms with E-state index in [0.29, 0.717) is 0 Å². The molecule has 135 heavy (non-hydrogen) atoms. The molecule has 4 nitrogen and oxygen atoms in total. The van der Waals surface area contributed by atoms with Gasteiger partial charge in [-0.1, -0.05) is 397 Å². The minimum absolute atomic E-state index is 0.364. The van der Waals surface area contributed by atoms with Crippen molar-refractivity contribution < 1.29 is 0 Å². The summed E-state index contributed by atoms with van der Waals surface area (Å²) in [5, 5.41) is 19.4. The molecule has 0 bridgehead atoms. The summed E-state index contributed by atoms with van der Waals surface area (Å²) in [5.41, 5.74) is 35.7. The largest absolute Gasteiger partial charge is 0.310 e. The molecule has 0 N–H and O–H groups in total. The molecule has 0 radical (unpaired) electrons. The normalized spacial score (nSPS) is 12.5. The second-order valence-corrected chi connectivity index (χ2v) is 37.7. The van der Waals surface area contributed by atoms with Crippen molar-refractivity contribution in [2.45, 2.75) is 26.2 Å². The van der Waals surface area contributed by atoms with E-state index in [1.54, 1.807) is 0 Å². The minimum atomic E-state index is -0.428. The van der Waals surface area contributed by atoms with Crippen LogP contribution >= 0.6 is 0 Å². The molecule has 2 aliphatic rings. The first-order chi connectivity index (χ1) is 66.6. The van der Waals surface area contributed by atoms with Crippen LogP contribution in [0.2, 0.25) is 0 Å². The first kappa shape index (κ1) is 77.8. The second kappa shape index (κ2) is 30.8. The van der Waals surface area contributed by atoms with Crippen molar-refractivity contribution in [3.8, 4) is 100 Å². The molecule has 2 aromatic heterocycles. The van der Waals surface area contributed by atoms with Crippen LogP contribution in [0.15, 0.2) is 473 Å². The van der Waals surface area contributed by atoms with Gasteiger partial charge in [0.05, 0.1) is 33.4 Å². The van der Waals surface area contributed by atoms with Gasteiger partial charge in [-0.2, -0.15) is 0 Å². The Morgan fingerprint density at radius 1 is 0.200 bits per heavy atom. The van der Waals surface area contributed by atoms with Crippen LogP contribution in [0.4, 0.5) is 34.1 Å². The average Bonchev–Trinajstić information content (AvgIpc) is 1.50. The van der Waals surface area contributed by atoms with Gasteiger partial charge >= 0.3 is 0 Å². The standard InChI is InChI=1S/C130H87BN4/c1-130(2,3)98-78-121-125-122(79-98)135(127-111(88-44-18-8-19-45-88)76-97(83-36-12-5-13-37-83)77-112(127)89-46-20-9-21-47-89)120-81-100(133-118-69-63-95(93-61-59-85-39-23-25-49-91(85)71-93)73-114(118)124-106-55-31-27-51-102(106)104-53-29-33-57-108(104)129(124)133)65-67-116(120)131(125)115-66-64-99(80-119(115)134(121)126-109(86-40-14-6-15-41-86)74-96(82-34-10-4-11-35-82)75-110(126)87-42-16-7-17-43-87)132-117-68-62-94(92-60-58-84-38-22-24-48-90(84)70-92)72-113(117)123-105-54-30-26-50-101(105)103-52-28-32-56-107(103)128(123)132/h4-81H,1-3H3. The van der Waals surface area contributed by atoms with Crippen molar-refractivity contribution >= 4 is 165 Å². The molecule has 0 aliphatic carbocycles. The molecule has 25 aromatic rings. The van der Waals surface area contributed by atoms with Crippen molar-refractivity contribution in [1.29, 1.82) is 0 Å². The van der Waals surface area contributed by atoms with E-state index in [2.05, 4.69) is 513 Å². The second-order valence-electron chi connectivity index (χ2n) is 37.7. The highest BCUT2D eigenvalue weighted by molar-refractivity contribution is 7.00. The summed E-state index contributed by atoms with van der Waals surface area (Å²) in [6.07, 6.45) is 0. The lowest BCUT2D eigenvalue weighted by atomic mass is 9.33. The Balaban J connectivity index is 0.811. The number of hydrogen-bond acceptors (Lipinski definition) is 2. The highest BCUT2D eigenvalue weighted by Gasteiger charge is 2.47. The van der Waals surface area contributed by atoms with Gasteiger partial charge in [-0.25, -0.2) is 0 Å². The molecular formula is C130H87BN4. The van der Waals surface area contributed by atoms with Crippen molar-refractivity contribution in [3.05, 3.63) is 479 Å². The Labute approximate surface area is 784 Å². The number of anilines is 6. The van der Waals surface area contributed by atoms with E-state index < -0.39 is 5.41 Å². The molecule has 0 saturated carbocycles. The van der Waals surface area contributed by atoms with Gasteiger partial charge < -0.3 is 18.9 Å². The monoisotopic (exact) mass is 1710 g/mol. The van der Waals surface area contributed by atoms with Crippen LogP contribution in [0.5, 0.6) is 0 Å². The van der Waals surface area contributed by atoms with E-state index in [9.17, 15) is 0 Å². The molecule has 0 unspecified atom stereocenters. The van der Waals surface area contributed by atoms with E-state index in [0.717, 1.165) is 123 Å². The van der Waals surface area contributed by atoms with Crippen molar-refractivity contribution in [2.75, 3.05) is 9.80 Å². The summed E-state index contributed by atoms with van der Waals surface area (Å²) in [5.74, 6) is 0. The molecule has 23 aromatic carbocycles. The highest BCUT2D eigenvalue weighted by Crippen LogP contribution is 2.57. The number of fused-ring (bicyclic) bond motifs is 22. The van der Waals surface area contributed by atoms with E-state index in [1.165, 1.54) is 141 Å². The number of benzene rings is 23. The van der Waals surface area contributed by atoms with Crippen molar-refractivity contribution in [3.63, 3.8) is 0 Å². The van der Waals surface area contributed by atoms with Gasteiger partial charge in [0.15, 0.2) is 0 Å².